The van der Waals surface area contributed by atoms with Crippen LogP contribution in [0, 0.1) is 0 Å². The van der Waals surface area contributed by atoms with E-state index < -0.39 is 18.0 Å². The molecule has 0 bridgehead atoms. The topological polar surface area (TPSA) is 69.6 Å². The van der Waals surface area contributed by atoms with Crippen molar-refractivity contribution in [3.63, 3.8) is 0 Å². The number of hydrogen-bond acceptors (Lipinski definition) is 2. The van der Waals surface area contributed by atoms with Gasteiger partial charge in [0.25, 0.3) is 0 Å². The maximum atomic E-state index is 11.8. The van der Waals surface area contributed by atoms with Crippen LogP contribution in [0.4, 0.5) is 10.5 Å². The summed E-state index contributed by atoms with van der Waals surface area (Å²) in [6, 6.07) is 3.95. The van der Waals surface area contributed by atoms with Gasteiger partial charge in [-0.3, -0.25) is 0 Å². The zero-order chi connectivity index (χ0) is 13.9. The van der Waals surface area contributed by atoms with Crippen LogP contribution in [0.25, 0.3) is 0 Å². The van der Waals surface area contributed by atoms with Crippen LogP contribution < -0.4 is 5.32 Å². The van der Waals surface area contributed by atoms with E-state index in [9.17, 15) is 9.59 Å². The lowest BCUT2D eigenvalue weighted by Gasteiger charge is -2.22. The average Bonchev–Trinajstić information content (AvgIpc) is 2.31. The molecule has 0 aliphatic rings. The largest absolute Gasteiger partial charge is 0.480 e. The summed E-state index contributed by atoms with van der Waals surface area (Å²) in [4.78, 5) is 23.7. The van der Waals surface area contributed by atoms with Gasteiger partial charge in [-0.2, -0.15) is 0 Å². The number of carbonyl (C=O) groups is 2. The smallest absolute Gasteiger partial charge is 0.326 e. The summed E-state index contributed by atoms with van der Waals surface area (Å²) in [6.45, 7) is 1.44. The number of anilines is 1. The lowest BCUT2D eigenvalue weighted by atomic mass is 10.3. The summed E-state index contributed by atoms with van der Waals surface area (Å²) in [6.07, 6.45) is 0. The SMILES string of the molecule is CC(C(=O)O)N(C)C(=O)Nc1cc(Br)ccc1Br. The first-order valence-corrected chi connectivity index (χ1v) is 6.63. The minimum atomic E-state index is -1.05. The molecule has 1 rings (SSSR count). The van der Waals surface area contributed by atoms with Crippen molar-refractivity contribution < 1.29 is 14.7 Å². The molecule has 7 heteroatoms. The van der Waals surface area contributed by atoms with E-state index in [0.29, 0.717) is 5.69 Å². The summed E-state index contributed by atoms with van der Waals surface area (Å²) >= 11 is 6.60. The third-order valence-corrected chi connectivity index (χ3v) is 3.61. The molecule has 0 aliphatic heterocycles. The van der Waals surface area contributed by atoms with E-state index in [4.69, 9.17) is 5.11 Å². The van der Waals surface area contributed by atoms with Crippen molar-refractivity contribution in [3.05, 3.63) is 27.1 Å². The standard InChI is InChI=1S/C11H12Br2N2O3/c1-6(10(16)17)15(2)11(18)14-9-5-7(12)3-4-8(9)13/h3-6H,1-2H3,(H,14,18)(H,16,17). The number of aliphatic carboxylic acids is 1. The molecule has 5 nitrogen and oxygen atoms in total. The number of urea groups is 1. The second-order valence-corrected chi connectivity index (χ2v) is 5.45. The Balaban J connectivity index is 2.81. The normalized spacial score (nSPS) is 11.8. The Labute approximate surface area is 121 Å². The number of nitrogens with one attached hydrogen (secondary N) is 1. The number of nitrogens with zero attached hydrogens (tertiary/aromatic N) is 1. The Bertz CT molecular complexity index is 479. The van der Waals surface area contributed by atoms with Crippen molar-refractivity contribution in [3.8, 4) is 0 Å². The fraction of sp³-hybridized carbons (Fsp3) is 0.273. The summed E-state index contributed by atoms with van der Waals surface area (Å²) in [5.41, 5.74) is 0.568. The molecule has 0 saturated heterocycles. The minimum Gasteiger partial charge on any atom is -0.480 e. The zero-order valence-electron chi connectivity index (χ0n) is 9.78. The number of halogens is 2. The highest BCUT2D eigenvalue weighted by atomic mass is 79.9. The number of carboxylic acids is 1. The number of likely N-dealkylation sites (N-methyl/N-ethyl adjacent to an activating group) is 1. The molecule has 1 aromatic carbocycles. The molecule has 1 atom stereocenters. The van der Waals surface area contributed by atoms with Crippen molar-refractivity contribution in [2.24, 2.45) is 0 Å². The van der Waals surface area contributed by atoms with Crippen LogP contribution in [0.1, 0.15) is 6.92 Å². The van der Waals surface area contributed by atoms with Gasteiger partial charge in [0.05, 0.1) is 5.69 Å². The summed E-state index contributed by atoms with van der Waals surface area (Å²) in [7, 11) is 1.43. The Morgan fingerprint density at radius 3 is 2.56 bits per heavy atom. The second-order valence-electron chi connectivity index (χ2n) is 3.68. The van der Waals surface area contributed by atoms with Gasteiger partial charge in [-0.05, 0) is 41.1 Å². The fourth-order valence-corrected chi connectivity index (χ4v) is 1.85. The van der Waals surface area contributed by atoms with Gasteiger partial charge in [0, 0.05) is 16.0 Å². The van der Waals surface area contributed by atoms with E-state index in [0.717, 1.165) is 13.8 Å². The average molecular weight is 380 g/mol. The monoisotopic (exact) mass is 378 g/mol. The molecule has 98 valence electrons. The first kappa shape index (κ1) is 15.0. The number of benzene rings is 1. The van der Waals surface area contributed by atoms with E-state index in [1.165, 1.54) is 14.0 Å². The molecular formula is C11H12Br2N2O3. The molecule has 0 radical (unpaired) electrons. The van der Waals surface area contributed by atoms with E-state index in [1.807, 2.05) is 6.07 Å². The highest BCUT2D eigenvalue weighted by Crippen LogP contribution is 2.26. The lowest BCUT2D eigenvalue weighted by Crippen LogP contribution is -2.42. The van der Waals surface area contributed by atoms with Crippen molar-refractivity contribution in [2.45, 2.75) is 13.0 Å². The van der Waals surface area contributed by atoms with Gasteiger partial charge in [0.2, 0.25) is 0 Å². The lowest BCUT2D eigenvalue weighted by molar-refractivity contribution is -0.141. The van der Waals surface area contributed by atoms with E-state index in [-0.39, 0.29) is 0 Å². The number of rotatable bonds is 3. The maximum absolute atomic E-state index is 11.8. The molecule has 0 aliphatic carbocycles. The van der Waals surface area contributed by atoms with Crippen LogP contribution in [0.5, 0.6) is 0 Å². The first-order valence-electron chi connectivity index (χ1n) is 5.04. The van der Waals surface area contributed by atoms with E-state index in [2.05, 4.69) is 37.2 Å². The molecule has 2 amide bonds. The van der Waals surface area contributed by atoms with Crippen molar-refractivity contribution in [1.82, 2.24) is 4.90 Å². The van der Waals surface area contributed by atoms with Gasteiger partial charge in [0.1, 0.15) is 6.04 Å². The third kappa shape index (κ3) is 3.71. The van der Waals surface area contributed by atoms with Crippen LogP contribution in [-0.2, 0) is 4.79 Å². The summed E-state index contributed by atoms with van der Waals surface area (Å²) < 4.78 is 1.53. The van der Waals surface area contributed by atoms with E-state index >= 15 is 0 Å². The molecule has 0 fully saturated rings. The van der Waals surface area contributed by atoms with Crippen LogP contribution in [-0.4, -0.2) is 35.1 Å². The molecule has 0 spiro atoms. The Hall–Kier alpha value is -1.08. The van der Waals surface area contributed by atoms with Gasteiger partial charge in [-0.25, -0.2) is 9.59 Å². The fourth-order valence-electron chi connectivity index (χ4n) is 1.14. The molecule has 1 unspecified atom stereocenters. The maximum Gasteiger partial charge on any atom is 0.326 e. The zero-order valence-corrected chi connectivity index (χ0v) is 12.9. The predicted molar refractivity (Wildman–Crippen MR) is 75.7 cm³/mol. The van der Waals surface area contributed by atoms with E-state index in [1.54, 1.807) is 12.1 Å². The summed E-state index contributed by atoms with van der Waals surface area (Å²) in [5.74, 6) is -1.05. The molecule has 0 heterocycles. The van der Waals surface area contributed by atoms with Gasteiger partial charge < -0.3 is 15.3 Å². The van der Waals surface area contributed by atoms with Crippen LogP contribution in [0.2, 0.25) is 0 Å². The third-order valence-electron chi connectivity index (χ3n) is 2.43. The van der Waals surface area contributed by atoms with Crippen molar-refractivity contribution in [2.75, 3.05) is 12.4 Å². The van der Waals surface area contributed by atoms with Crippen molar-refractivity contribution in [1.29, 1.82) is 0 Å². The van der Waals surface area contributed by atoms with Crippen molar-refractivity contribution >= 4 is 49.5 Å². The highest BCUT2D eigenvalue weighted by molar-refractivity contribution is 9.11. The highest BCUT2D eigenvalue weighted by Gasteiger charge is 2.22. The minimum absolute atomic E-state index is 0.483. The number of hydrogen-bond donors (Lipinski definition) is 2. The van der Waals surface area contributed by atoms with Gasteiger partial charge in [-0.15, -0.1) is 0 Å². The number of carbonyl (C=O) groups excluding carboxylic acids is 1. The Morgan fingerprint density at radius 1 is 1.39 bits per heavy atom. The van der Waals surface area contributed by atoms with Crippen LogP contribution >= 0.6 is 31.9 Å². The molecular weight excluding hydrogens is 368 g/mol. The molecule has 0 aromatic heterocycles. The molecule has 0 saturated carbocycles. The van der Waals surface area contributed by atoms with Crippen LogP contribution in [0.3, 0.4) is 0 Å². The molecule has 1 aromatic rings. The first-order chi connectivity index (χ1) is 8.32. The summed E-state index contributed by atoms with van der Waals surface area (Å²) in [5, 5.41) is 11.5. The number of carboxylic acid groups (broad SMARTS) is 1. The quantitative estimate of drug-likeness (QED) is 0.847. The van der Waals surface area contributed by atoms with Gasteiger partial charge in [-0.1, -0.05) is 15.9 Å². The number of amides is 2. The second kappa shape index (κ2) is 6.19. The molecule has 18 heavy (non-hydrogen) atoms. The van der Waals surface area contributed by atoms with Gasteiger partial charge in [0.15, 0.2) is 0 Å². The van der Waals surface area contributed by atoms with Crippen LogP contribution in [0.15, 0.2) is 27.1 Å². The predicted octanol–water partition coefficient (Wildman–Crippen LogP) is 3.15. The van der Waals surface area contributed by atoms with Gasteiger partial charge >= 0.3 is 12.0 Å². The Morgan fingerprint density at radius 2 is 2.00 bits per heavy atom. The molecule has 2 N–H and O–H groups in total. The Kier molecular flexibility index (Phi) is 5.15.